The Hall–Kier alpha value is -2.04. The summed E-state index contributed by atoms with van der Waals surface area (Å²) in [7, 11) is 3.13. The Morgan fingerprint density at radius 3 is 2.50 bits per heavy atom. The molecule has 0 bridgehead atoms. The minimum absolute atomic E-state index is 0.377. The van der Waals surface area contributed by atoms with Crippen LogP contribution in [0.15, 0.2) is 17.1 Å². The molecule has 1 atom stereocenters. The van der Waals surface area contributed by atoms with Gasteiger partial charge in [-0.2, -0.15) is 0 Å². The van der Waals surface area contributed by atoms with Crippen molar-refractivity contribution in [2.45, 2.75) is 19.4 Å². The molecule has 1 aliphatic heterocycles. The highest BCUT2D eigenvalue weighted by atomic mass is 16.5. The fourth-order valence-corrected chi connectivity index (χ4v) is 2.13. The molecule has 1 aromatic carbocycles. The summed E-state index contributed by atoms with van der Waals surface area (Å²) in [5, 5.41) is 9.05. The molecule has 0 fully saturated rings. The Labute approximate surface area is 105 Å². The van der Waals surface area contributed by atoms with Crippen LogP contribution in [0.2, 0.25) is 0 Å². The SMILES string of the molecule is COc1cc2c(cc1OC)C(C)=N[C@H](C(=O)O)C2. The standard InChI is InChI=1S/C13H15NO4/c1-7-9-6-12(18-3)11(17-2)5-8(9)4-10(14-7)13(15)16/h5-6,10H,4H2,1-3H3,(H,15,16)/t10-/m0/s1. The van der Waals surface area contributed by atoms with E-state index in [4.69, 9.17) is 14.6 Å². The number of hydrogen-bond acceptors (Lipinski definition) is 4. The maximum atomic E-state index is 11.0. The Morgan fingerprint density at radius 1 is 1.33 bits per heavy atom. The van der Waals surface area contributed by atoms with E-state index in [1.54, 1.807) is 21.1 Å². The average molecular weight is 249 g/mol. The zero-order valence-corrected chi connectivity index (χ0v) is 10.6. The minimum Gasteiger partial charge on any atom is -0.493 e. The third kappa shape index (κ3) is 2.03. The van der Waals surface area contributed by atoms with E-state index >= 15 is 0 Å². The van der Waals surface area contributed by atoms with E-state index in [0.717, 1.165) is 11.1 Å². The zero-order valence-electron chi connectivity index (χ0n) is 10.6. The smallest absolute Gasteiger partial charge is 0.328 e. The lowest BCUT2D eigenvalue weighted by Gasteiger charge is -2.21. The van der Waals surface area contributed by atoms with Gasteiger partial charge < -0.3 is 14.6 Å². The highest BCUT2D eigenvalue weighted by Gasteiger charge is 2.25. The number of ether oxygens (including phenoxy) is 2. The van der Waals surface area contributed by atoms with Gasteiger partial charge in [0.15, 0.2) is 17.5 Å². The Bertz CT molecular complexity index is 522. The van der Waals surface area contributed by atoms with Crippen LogP contribution < -0.4 is 9.47 Å². The Morgan fingerprint density at radius 2 is 1.94 bits per heavy atom. The molecule has 0 spiro atoms. The molecule has 5 nitrogen and oxygen atoms in total. The van der Waals surface area contributed by atoms with Crippen molar-refractivity contribution in [2.24, 2.45) is 4.99 Å². The number of fused-ring (bicyclic) bond motifs is 1. The number of nitrogens with zero attached hydrogens (tertiary/aromatic N) is 1. The number of hydrogen-bond donors (Lipinski definition) is 1. The number of carbonyl (C=O) groups is 1. The second-order valence-electron chi connectivity index (χ2n) is 4.14. The zero-order chi connectivity index (χ0) is 13.3. The lowest BCUT2D eigenvalue weighted by atomic mass is 9.93. The Balaban J connectivity index is 2.51. The lowest BCUT2D eigenvalue weighted by Crippen LogP contribution is -2.27. The van der Waals surface area contributed by atoms with Gasteiger partial charge in [-0.3, -0.25) is 4.99 Å². The third-order valence-corrected chi connectivity index (χ3v) is 3.05. The van der Waals surface area contributed by atoms with Crippen LogP contribution in [0, 0.1) is 0 Å². The predicted molar refractivity (Wildman–Crippen MR) is 66.9 cm³/mol. The van der Waals surface area contributed by atoms with Crippen molar-refractivity contribution in [3.8, 4) is 11.5 Å². The molecule has 18 heavy (non-hydrogen) atoms. The summed E-state index contributed by atoms with van der Waals surface area (Å²) in [5.41, 5.74) is 2.56. The third-order valence-electron chi connectivity index (χ3n) is 3.05. The summed E-state index contributed by atoms with van der Waals surface area (Å²) in [6.07, 6.45) is 0.377. The van der Waals surface area contributed by atoms with Gasteiger partial charge in [-0.05, 0) is 24.6 Å². The van der Waals surface area contributed by atoms with Crippen LogP contribution in [0.25, 0.3) is 0 Å². The summed E-state index contributed by atoms with van der Waals surface area (Å²) < 4.78 is 10.4. The van der Waals surface area contributed by atoms with E-state index in [9.17, 15) is 4.79 Å². The van der Waals surface area contributed by atoms with Crippen molar-refractivity contribution in [2.75, 3.05) is 14.2 Å². The highest BCUT2D eigenvalue weighted by molar-refractivity contribution is 6.03. The number of benzene rings is 1. The molecule has 5 heteroatoms. The van der Waals surface area contributed by atoms with Gasteiger partial charge in [0.2, 0.25) is 0 Å². The largest absolute Gasteiger partial charge is 0.493 e. The molecule has 96 valence electrons. The minimum atomic E-state index is -0.908. The van der Waals surface area contributed by atoms with E-state index < -0.39 is 12.0 Å². The molecular formula is C13H15NO4. The topological polar surface area (TPSA) is 68.1 Å². The molecule has 0 aliphatic carbocycles. The number of rotatable bonds is 3. The normalized spacial score (nSPS) is 17.7. The summed E-state index contributed by atoms with van der Waals surface area (Å²) >= 11 is 0. The summed E-state index contributed by atoms with van der Waals surface area (Å²) in [6.45, 7) is 1.81. The van der Waals surface area contributed by atoms with Crippen LogP contribution in [-0.2, 0) is 11.2 Å². The van der Waals surface area contributed by atoms with Gasteiger partial charge in [-0.25, -0.2) is 4.79 Å². The first kappa shape index (κ1) is 12.4. The number of methoxy groups -OCH3 is 2. The molecule has 0 unspecified atom stereocenters. The quantitative estimate of drug-likeness (QED) is 0.881. The van der Waals surface area contributed by atoms with Crippen LogP contribution in [-0.4, -0.2) is 37.0 Å². The Kier molecular flexibility index (Phi) is 3.23. The molecule has 2 rings (SSSR count). The van der Waals surface area contributed by atoms with Gasteiger partial charge in [0.25, 0.3) is 0 Å². The molecule has 0 saturated carbocycles. The van der Waals surface area contributed by atoms with Gasteiger partial charge in [0.05, 0.1) is 14.2 Å². The van der Waals surface area contributed by atoms with Gasteiger partial charge in [0, 0.05) is 17.7 Å². The monoisotopic (exact) mass is 249 g/mol. The van der Waals surface area contributed by atoms with E-state index in [-0.39, 0.29) is 0 Å². The first-order chi connectivity index (χ1) is 8.56. The van der Waals surface area contributed by atoms with Crippen molar-refractivity contribution >= 4 is 11.7 Å². The van der Waals surface area contributed by atoms with Crippen LogP contribution in [0.5, 0.6) is 11.5 Å². The summed E-state index contributed by atoms with van der Waals surface area (Å²) in [4.78, 5) is 15.2. The van der Waals surface area contributed by atoms with Crippen molar-refractivity contribution in [3.05, 3.63) is 23.3 Å². The molecule has 0 radical (unpaired) electrons. The molecule has 0 amide bonds. The van der Waals surface area contributed by atoms with Gasteiger partial charge in [-0.1, -0.05) is 0 Å². The first-order valence-corrected chi connectivity index (χ1v) is 5.59. The number of aliphatic imine (C=N–C) groups is 1. The van der Waals surface area contributed by atoms with Crippen LogP contribution >= 0.6 is 0 Å². The van der Waals surface area contributed by atoms with Crippen molar-refractivity contribution < 1.29 is 19.4 Å². The molecule has 1 aliphatic rings. The van der Waals surface area contributed by atoms with Gasteiger partial charge in [-0.15, -0.1) is 0 Å². The molecule has 1 N–H and O–H groups in total. The summed E-state index contributed by atoms with van der Waals surface area (Å²) in [6, 6.07) is 2.95. The second-order valence-corrected chi connectivity index (χ2v) is 4.14. The van der Waals surface area contributed by atoms with Crippen LogP contribution in [0.3, 0.4) is 0 Å². The highest BCUT2D eigenvalue weighted by Crippen LogP contribution is 2.33. The molecular weight excluding hydrogens is 234 g/mol. The maximum Gasteiger partial charge on any atom is 0.328 e. The van der Waals surface area contributed by atoms with E-state index in [1.807, 2.05) is 12.1 Å². The molecule has 0 aromatic heterocycles. The number of carboxylic acids is 1. The fourth-order valence-electron chi connectivity index (χ4n) is 2.13. The van der Waals surface area contributed by atoms with Crippen molar-refractivity contribution in [1.82, 2.24) is 0 Å². The number of carboxylic acid groups (broad SMARTS) is 1. The lowest BCUT2D eigenvalue weighted by molar-refractivity contribution is -0.138. The van der Waals surface area contributed by atoms with E-state index in [0.29, 0.717) is 23.6 Å². The predicted octanol–water partition coefficient (Wildman–Crippen LogP) is 1.52. The molecule has 1 aromatic rings. The van der Waals surface area contributed by atoms with E-state index in [2.05, 4.69) is 4.99 Å². The van der Waals surface area contributed by atoms with Gasteiger partial charge >= 0.3 is 5.97 Å². The molecule has 1 heterocycles. The first-order valence-electron chi connectivity index (χ1n) is 5.59. The number of aliphatic carboxylic acids is 1. The van der Waals surface area contributed by atoms with Crippen molar-refractivity contribution in [3.63, 3.8) is 0 Å². The van der Waals surface area contributed by atoms with Gasteiger partial charge in [0.1, 0.15) is 0 Å². The van der Waals surface area contributed by atoms with Crippen LogP contribution in [0.1, 0.15) is 18.1 Å². The fraction of sp³-hybridized carbons (Fsp3) is 0.385. The maximum absolute atomic E-state index is 11.0. The van der Waals surface area contributed by atoms with Crippen LogP contribution in [0.4, 0.5) is 0 Å². The molecule has 0 saturated heterocycles. The van der Waals surface area contributed by atoms with Crippen molar-refractivity contribution in [1.29, 1.82) is 0 Å². The van der Waals surface area contributed by atoms with E-state index in [1.165, 1.54) is 0 Å². The average Bonchev–Trinajstić information content (AvgIpc) is 2.36. The summed E-state index contributed by atoms with van der Waals surface area (Å²) in [5.74, 6) is 0.324. The second kappa shape index (κ2) is 4.68.